The molecular weight excluding hydrogens is 280 g/mol. The number of benzene rings is 1. The number of rotatable bonds is 5. The van der Waals surface area contributed by atoms with Crippen LogP contribution >= 0.6 is 0 Å². The maximum Gasteiger partial charge on any atom is 0.309 e. The Labute approximate surface area is 118 Å². The fraction of sp³-hybridized carbons (Fsp3) is 0.500. The normalized spacial score (nSPS) is 17.1. The van der Waals surface area contributed by atoms with Crippen molar-refractivity contribution in [2.75, 3.05) is 13.4 Å². The minimum Gasteiger partial charge on any atom is -0.487 e. The number of carbonyl (C=O) groups is 1. The molecule has 1 saturated carbocycles. The Kier molecular flexibility index (Phi) is 4.04. The maximum absolute atomic E-state index is 11.5. The van der Waals surface area contributed by atoms with Gasteiger partial charge in [0.2, 0.25) is 0 Å². The molecule has 0 saturated heterocycles. The number of esters is 1. The molecule has 0 aromatic heterocycles. The summed E-state index contributed by atoms with van der Waals surface area (Å²) in [6.45, 7) is 0. The first-order valence-corrected chi connectivity index (χ1v) is 8.30. The Bertz CT molecular complexity index is 602. The van der Waals surface area contributed by atoms with Gasteiger partial charge in [0, 0.05) is 6.26 Å². The van der Waals surface area contributed by atoms with Gasteiger partial charge in [-0.05, 0) is 37.5 Å². The highest BCUT2D eigenvalue weighted by molar-refractivity contribution is 7.90. The van der Waals surface area contributed by atoms with E-state index in [1.165, 1.54) is 19.2 Å². The van der Waals surface area contributed by atoms with E-state index >= 15 is 0 Å². The Morgan fingerprint density at radius 1 is 1.35 bits per heavy atom. The lowest BCUT2D eigenvalue weighted by Crippen LogP contribution is -2.45. The van der Waals surface area contributed by atoms with Crippen molar-refractivity contribution >= 4 is 15.8 Å². The summed E-state index contributed by atoms with van der Waals surface area (Å²) in [5, 5.41) is 0. The van der Waals surface area contributed by atoms with Crippen molar-refractivity contribution in [3.8, 4) is 5.75 Å². The van der Waals surface area contributed by atoms with Gasteiger partial charge in [0.1, 0.15) is 11.4 Å². The van der Waals surface area contributed by atoms with Crippen LogP contribution in [-0.4, -0.2) is 33.4 Å². The molecule has 0 N–H and O–H groups in total. The number of ether oxygens (including phenoxy) is 2. The second kappa shape index (κ2) is 5.44. The van der Waals surface area contributed by atoms with Gasteiger partial charge in [-0.3, -0.25) is 4.79 Å². The summed E-state index contributed by atoms with van der Waals surface area (Å²) in [5.41, 5.74) is -0.552. The van der Waals surface area contributed by atoms with Crippen molar-refractivity contribution in [2.24, 2.45) is 0 Å². The van der Waals surface area contributed by atoms with E-state index in [0.717, 1.165) is 25.5 Å². The highest BCUT2D eigenvalue weighted by Crippen LogP contribution is 2.40. The van der Waals surface area contributed by atoms with E-state index in [4.69, 9.17) is 4.74 Å². The molecule has 0 atom stereocenters. The second-order valence-corrected chi connectivity index (χ2v) is 7.15. The molecule has 0 heterocycles. The molecule has 20 heavy (non-hydrogen) atoms. The van der Waals surface area contributed by atoms with Gasteiger partial charge in [-0.2, -0.15) is 0 Å². The molecule has 0 aliphatic heterocycles. The third kappa shape index (κ3) is 3.30. The van der Waals surface area contributed by atoms with Crippen LogP contribution in [0.4, 0.5) is 0 Å². The third-order valence-electron chi connectivity index (χ3n) is 3.53. The Hall–Kier alpha value is -1.56. The summed E-state index contributed by atoms with van der Waals surface area (Å²) in [6, 6.07) is 6.35. The first-order chi connectivity index (χ1) is 9.35. The monoisotopic (exact) mass is 298 g/mol. The summed E-state index contributed by atoms with van der Waals surface area (Å²) in [5.74, 6) is 0.153. The van der Waals surface area contributed by atoms with Gasteiger partial charge in [-0.15, -0.1) is 0 Å². The van der Waals surface area contributed by atoms with Crippen LogP contribution in [0.25, 0.3) is 0 Å². The average molecular weight is 298 g/mol. The Balaban J connectivity index is 2.18. The minimum atomic E-state index is -3.27. The topological polar surface area (TPSA) is 69.7 Å². The standard InChI is InChI=1S/C14H18O5S/c1-18-13(15)10-14(7-4-8-14)19-11-5-3-6-12(9-11)20(2,16)17/h3,5-6,9H,4,7-8,10H2,1-2H3. The van der Waals surface area contributed by atoms with Crippen LogP contribution in [-0.2, 0) is 19.4 Å². The third-order valence-corrected chi connectivity index (χ3v) is 4.64. The van der Waals surface area contributed by atoms with Gasteiger partial charge in [0.15, 0.2) is 9.84 Å². The van der Waals surface area contributed by atoms with Crippen LogP contribution < -0.4 is 4.74 Å². The van der Waals surface area contributed by atoms with Gasteiger partial charge < -0.3 is 9.47 Å². The van der Waals surface area contributed by atoms with Crippen molar-refractivity contribution in [1.29, 1.82) is 0 Å². The molecule has 5 nitrogen and oxygen atoms in total. The van der Waals surface area contributed by atoms with E-state index in [-0.39, 0.29) is 17.3 Å². The molecule has 0 amide bonds. The zero-order chi connectivity index (χ0) is 14.8. The molecule has 0 radical (unpaired) electrons. The number of carbonyl (C=O) groups excluding carboxylic acids is 1. The van der Waals surface area contributed by atoms with Crippen LogP contribution in [0.1, 0.15) is 25.7 Å². The van der Waals surface area contributed by atoms with E-state index < -0.39 is 15.4 Å². The molecule has 0 bridgehead atoms. The number of hydrogen-bond donors (Lipinski definition) is 0. The molecular formula is C14H18O5S. The molecule has 2 rings (SSSR count). The number of methoxy groups -OCH3 is 1. The smallest absolute Gasteiger partial charge is 0.309 e. The lowest BCUT2D eigenvalue weighted by Gasteiger charge is -2.41. The predicted octanol–water partition coefficient (Wildman–Crippen LogP) is 1.95. The first kappa shape index (κ1) is 14.8. The zero-order valence-electron chi connectivity index (χ0n) is 11.6. The van der Waals surface area contributed by atoms with Gasteiger partial charge >= 0.3 is 5.97 Å². The van der Waals surface area contributed by atoms with Crippen molar-refractivity contribution < 1.29 is 22.7 Å². The van der Waals surface area contributed by atoms with Crippen LogP contribution in [0, 0.1) is 0 Å². The van der Waals surface area contributed by atoms with E-state index in [1.807, 2.05) is 0 Å². The summed E-state index contributed by atoms with van der Waals surface area (Å²) >= 11 is 0. The van der Waals surface area contributed by atoms with Crippen molar-refractivity contribution in [2.45, 2.75) is 36.2 Å². The quantitative estimate of drug-likeness (QED) is 0.777. The molecule has 110 valence electrons. The molecule has 1 aromatic rings. The zero-order valence-corrected chi connectivity index (χ0v) is 12.4. The molecule has 1 aliphatic carbocycles. The lowest BCUT2D eigenvalue weighted by molar-refractivity contribution is -0.148. The second-order valence-electron chi connectivity index (χ2n) is 5.14. The summed E-state index contributed by atoms with van der Waals surface area (Å²) in [4.78, 5) is 11.6. The van der Waals surface area contributed by atoms with Gasteiger partial charge in [-0.1, -0.05) is 6.07 Å². The van der Waals surface area contributed by atoms with Crippen LogP contribution in [0.2, 0.25) is 0 Å². The fourth-order valence-electron chi connectivity index (χ4n) is 2.24. The summed E-state index contributed by atoms with van der Waals surface area (Å²) in [6.07, 6.45) is 3.87. The van der Waals surface area contributed by atoms with Crippen molar-refractivity contribution in [1.82, 2.24) is 0 Å². The lowest BCUT2D eigenvalue weighted by atomic mass is 9.77. The molecule has 0 spiro atoms. The molecule has 1 aromatic carbocycles. The maximum atomic E-state index is 11.5. The van der Waals surface area contributed by atoms with E-state index in [0.29, 0.717) is 5.75 Å². The summed E-state index contributed by atoms with van der Waals surface area (Å²) in [7, 11) is -1.92. The Morgan fingerprint density at radius 3 is 2.55 bits per heavy atom. The van der Waals surface area contributed by atoms with Crippen LogP contribution in [0.15, 0.2) is 29.2 Å². The average Bonchev–Trinajstić information content (AvgIpc) is 2.35. The SMILES string of the molecule is COC(=O)CC1(Oc2cccc(S(C)(=O)=O)c2)CCC1. The highest BCUT2D eigenvalue weighted by atomic mass is 32.2. The number of sulfone groups is 1. The predicted molar refractivity (Wildman–Crippen MR) is 73.4 cm³/mol. The largest absolute Gasteiger partial charge is 0.487 e. The molecule has 0 unspecified atom stereocenters. The fourth-order valence-corrected chi connectivity index (χ4v) is 2.90. The van der Waals surface area contributed by atoms with E-state index in [2.05, 4.69) is 4.74 Å². The van der Waals surface area contributed by atoms with Gasteiger partial charge in [-0.25, -0.2) is 8.42 Å². The van der Waals surface area contributed by atoms with Crippen molar-refractivity contribution in [3.63, 3.8) is 0 Å². The van der Waals surface area contributed by atoms with Crippen LogP contribution in [0.3, 0.4) is 0 Å². The van der Waals surface area contributed by atoms with Gasteiger partial charge in [0.25, 0.3) is 0 Å². The first-order valence-electron chi connectivity index (χ1n) is 6.41. The van der Waals surface area contributed by atoms with Crippen molar-refractivity contribution in [3.05, 3.63) is 24.3 Å². The molecule has 1 fully saturated rings. The highest BCUT2D eigenvalue weighted by Gasteiger charge is 2.42. The van der Waals surface area contributed by atoms with Crippen LogP contribution in [0.5, 0.6) is 5.75 Å². The summed E-state index contributed by atoms with van der Waals surface area (Å²) < 4.78 is 33.6. The number of hydrogen-bond acceptors (Lipinski definition) is 5. The van der Waals surface area contributed by atoms with Gasteiger partial charge in [0.05, 0.1) is 18.4 Å². The minimum absolute atomic E-state index is 0.187. The van der Waals surface area contributed by atoms with E-state index in [1.54, 1.807) is 12.1 Å². The molecule has 1 aliphatic rings. The van der Waals surface area contributed by atoms with E-state index in [9.17, 15) is 13.2 Å². The Morgan fingerprint density at radius 2 is 2.05 bits per heavy atom. The molecule has 6 heteroatoms.